The topological polar surface area (TPSA) is 48.8 Å². The highest BCUT2D eigenvalue weighted by molar-refractivity contribution is 6.31. The maximum absolute atomic E-state index is 6.10. The van der Waals surface area contributed by atoms with Crippen molar-refractivity contribution in [1.82, 2.24) is 14.1 Å². The minimum Gasteiger partial charge on any atom is -0.347 e. The van der Waals surface area contributed by atoms with Gasteiger partial charge in [0, 0.05) is 54.2 Å². The van der Waals surface area contributed by atoms with Crippen LogP contribution in [0, 0.1) is 0 Å². The fourth-order valence-electron chi connectivity index (χ4n) is 2.53. The number of nitrogens with two attached hydrogens (primary N) is 1. The van der Waals surface area contributed by atoms with Gasteiger partial charge in [0.2, 0.25) is 0 Å². The molecule has 0 fully saturated rings. The summed E-state index contributed by atoms with van der Waals surface area (Å²) >= 11 is 6.10. The van der Waals surface area contributed by atoms with Crippen LogP contribution in [0.1, 0.15) is 12.0 Å². The number of benzene rings is 1. The molecule has 0 saturated heterocycles. The van der Waals surface area contributed by atoms with Crippen LogP contribution in [0.5, 0.6) is 0 Å². The second-order valence-electron chi connectivity index (χ2n) is 4.87. The summed E-state index contributed by atoms with van der Waals surface area (Å²) < 4.78 is 4.32. The molecule has 0 aliphatic rings. The van der Waals surface area contributed by atoms with Crippen LogP contribution >= 0.6 is 11.6 Å². The lowest BCUT2D eigenvalue weighted by Gasteiger charge is -2.06. The lowest BCUT2D eigenvalue weighted by molar-refractivity contribution is 0.572. The van der Waals surface area contributed by atoms with Crippen LogP contribution in [0.25, 0.3) is 10.9 Å². The van der Waals surface area contributed by atoms with Gasteiger partial charge in [0.15, 0.2) is 0 Å². The van der Waals surface area contributed by atoms with Crippen LogP contribution in [0.2, 0.25) is 5.02 Å². The average molecular weight is 289 g/mol. The SMILES string of the molecule is NCc1cn(CCCn2ccnc2)c2cc(Cl)ccc12. The molecule has 0 atom stereocenters. The second kappa shape index (κ2) is 5.69. The van der Waals surface area contributed by atoms with E-state index in [1.807, 2.05) is 30.7 Å². The van der Waals surface area contributed by atoms with Crippen molar-refractivity contribution in [3.63, 3.8) is 0 Å². The summed E-state index contributed by atoms with van der Waals surface area (Å²) in [6.07, 6.45) is 8.80. The minimum absolute atomic E-state index is 0.548. The summed E-state index contributed by atoms with van der Waals surface area (Å²) in [6, 6.07) is 5.97. The lowest BCUT2D eigenvalue weighted by Crippen LogP contribution is -2.02. The van der Waals surface area contributed by atoms with E-state index in [-0.39, 0.29) is 0 Å². The number of imidazole rings is 1. The molecule has 0 spiro atoms. The highest BCUT2D eigenvalue weighted by Gasteiger charge is 2.07. The summed E-state index contributed by atoms with van der Waals surface area (Å²) in [5.41, 5.74) is 8.14. The van der Waals surface area contributed by atoms with E-state index in [2.05, 4.69) is 20.3 Å². The first kappa shape index (κ1) is 13.2. The van der Waals surface area contributed by atoms with Gasteiger partial charge in [0.05, 0.1) is 6.33 Å². The van der Waals surface area contributed by atoms with E-state index < -0.39 is 0 Å². The number of hydrogen-bond acceptors (Lipinski definition) is 2. The number of nitrogens with zero attached hydrogens (tertiary/aromatic N) is 3. The number of rotatable bonds is 5. The molecular weight excluding hydrogens is 272 g/mol. The third-order valence-corrected chi connectivity index (χ3v) is 3.76. The molecule has 0 aliphatic carbocycles. The zero-order chi connectivity index (χ0) is 13.9. The van der Waals surface area contributed by atoms with Crippen molar-refractivity contribution < 1.29 is 0 Å². The van der Waals surface area contributed by atoms with Crippen LogP contribution in [0.4, 0.5) is 0 Å². The summed E-state index contributed by atoms with van der Waals surface area (Å²) in [5, 5.41) is 1.95. The van der Waals surface area contributed by atoms with Gasteiger partial charge in [-0.1, -0.05) is 17.7 Å². The van der Waals surface area contributed by atoms with Crippen molar-refractivity contribution in [2.24, 2.45) is 5.73 Å². The highest BCUT2D eigenvalue weighted by atomic mass is 35.5. The van der Waals surface area contributed by atoms with Crippen molar-refractivity contribution in [1.29, 1.82) is 0 Å². The molecule has 1 aromatic carbocycles. The van der Waals surface area contributed by atoms with E-state index in [1.54, 1.807) is 6.20 Å². The minimum atomic E-state index is 0.548. The Morgan fingerprint density at radius 3 is 2.90 bits per heavy atom. The van der Waals surface area contributed by atoms with E-state index in [1.165, 1.54) is 10.9 Å². The predicted molar refractivity (Wildman–Crippen MR) is 81.7 cm³/mol. The Balaban J connectivity index is 1.81. The normalized spacial score (nSPS) is 11.3. The first-order valence-corrected chi connectivity index (χ1v) is 7.09. The Bertz CT molecular complexity index is 700. The Hall–Kier alpha value is -1.78. The number of aryl methyl sites for hydroxylation is 2. The lowest BCUT2D eigenvalue weighted by atomic mass is 10.2. The van der Waals surface area contributed by atoms with Crippen molar-refractivity contribution in [3.05, 3.63) is 53.7 Å². The van der Waals surface area contributed by atoms with Gasteiger partial charge in [-0.3, -0.25) is 0 Å². The number of fused-ring (bicyclic) bond motifs is 1. The molecule has 20 heavy (non-hydrogen) atoms. The second-order valence-corrected chi connectivity index (χ2v) is 5.30. The molecular formula is C15H17ClN4. The molecule has 3 aromatic rings. The van der Waals surface area contributed by atoms with Gasteiger partial charge in [0.1, 0.15) is 0 Å². The summed E-state index contributed by atoms with van der Waals surface area (Å²) in [7, 11) is 0. The molecule has 5 heteroatoms. The van der Waals surface area contributed by atoms with Gasteiger partial charge in [-0.15, -0.1) is 0 Å². The summed E-state index contributed by atoms with van der Waals surface area (Å²) in [4.78, 5) is 4.05. The van der Waals surface area contributed by atoms with Gasteiger partial charge in [-0.05, 0) is 24.1 Å². The van der Waals surface area contributed by atoms with Gasteiger partial charge < -0.3 is 14.9 Å². The summed E-state index contributed by atoms with van der Waals surface area (Å²) in [6.45, 7) is 2.44. The third-order valence-electron chi connectivity index (χ3n) is 3.52. The van der Waals surface area contributed by atoms with E-state index >= 15 is 0 Å². The molecule has 0 unspecified atom stereocenters. The molecule has 0 aliphatic heterocycles. The zero-order valence-corrected chi connectivity index (χ0v) is 11.9. The Morgan fingerprint density at radius 2 is 2.15 bits per heavy atom. The Kier molecular flexibility index (Phi) is 3.76. The van der Waals surface area contributed by atoms with E-state index in [9.17, 15) is 0 Å². The first-order valence-electron chi connectivity index (χ1n) is 6.71. The maximum Gasteiger partial charge on any atom is 0.0945 e. The molecule has 2 aromatic heterocycles. The van der Waals surface area contributed by atoms with Crippen LogP contribution < -0.4 is 5.73 Å². The maximum atomic E-state index is 6.10. The largest absolute Gasteiger partial charge is 0.347 e. The first-order chi connectivity index (χ1) is 9.78. The fourth-order valence-corrected chi connectivity index (χ4v) is 2.70. The number of halogens is 1. The molecule has 0 radical (unpaired) electrons. The van der Waals surface area contributed by atoms with E-state index in [0.29, 0.717) is 6.54 Å². The van der Waals surface area contributed by atoms with Crippen molar-refractivity contribution in [2.45, 2.75) is 26.1 Å². The van der Waals surface area contributed by atoms with Crippen LogP contribution in [0.3, 0.4) is 0 Å². The van der Waals surface area contributed by atoms with Crippen molar-refractivity contribution in [3.8, 4) is 0 Å². The Morgan fingerprint density at radius 1 is 1.25 bits per heavy atom. The van der Waals surface area contributed by atoms with Gasteiger partial charge in [-0.2, -0.15) is 0 Å². The van der Waals surface area contributed by atoms with E-state index in [4.69, 9.17) is 17.3 Å². The average Bonchev–Trinajstić information content (AvgIpc) is 3.07. The van der Waals surface area contributed by atoms with Crippen LogP contribution in [-0.2, 0) is 19.6 Å². The highest BCUT2D eigenvalue weighted by Crippen LogP contribution is 2.25. The van der Waals surface area contributed by atoms with Crippen LogP contribution in [0.15, 0.2) is 43.1 Å². The third kappa shape index (κ3) is 2.57. The summed E-state index contributed by atoms with van der Waals surface area (Å²) in [5.74, 6) is 0. The van der Waals surface area contributed by atoms with Crippen LogP contribution in [-0.4, -0.2) is 14.1 Å². The monoisotopic (exact) mass is 288 g/mol. The molecule has 2 N–H and O–H groups in total. The Labute approximate surface area is 122 Å². The number of aromatic nitrogens is 3. The van der Waals surface area contributed by atoms with Gasteiger partial charge in [0.25, 0.3) is 0 Å². The van der Waals surface area contributed by atoms with E-state index in [0.717, 1.165) is 30.0 Å². The molecule has 104 valence electrons. The van der Waals surface area contributed by atoms with Gasteiger partial charge >= 0.3 is 0 Å². The smallest absolute Gasteiger partial charge is 0.0945 e. The molecule has 0 amide bonds. The molecule has 4 nitrogen and oxygen atoms in total. The number of hydrogen-bond donors (Lipinski definition) is 1. The molecule has 0 bridgehead atoms. The molecule has 2 heterocycles. The quantitative estimate of drug-likeness (QED) is 0.784. The zero-order valence-electron chi connectivity index (χ0n) is 11.2. The molecule has 0 saturated carbocycles. The van der Waals surface area contributed by atoms with Gasteiger partial charge in [-0.25, -0.2) is 4.98 Å². The fraction of sp³-hybridized carbons (Fsp3) is 0.267. The predicted octanol–water partition coefficient (Wildman–Crippen LogP) is 3.04. The van der Waals surface area contributed by atoms with Crippen molar-refractivity contribution in [2.75, 3.05) is 0 Å². The molecule has 3 rings (SSSR count). The standard InChI is InChI=1S/C15H17ClN4/c16-13-2-3-14-12(9-17)10-20(15(14)8-13)6-1-5-19-7-4-18-11-19/h2-4,7-8,10-11H,1,5-6,9,17H2. The van der Waals surface area contributed by atoms with Crippen molar-refractivity contribution >= 4 is 22.5 Å².